The Labute approximate surface area is 153 Å². The van der Waals surface area contributed by atoms with Gasteiger partial charge >= 0.3 is 12.1 Å². The molecule has 0 aliphatic carbocycles. The maximum atomic E-state index is 13.0. The standard InChI is InChI=1S/C19H18F3NO4/c1-12(18(25)26)17(13-7-3-2-4-8-13)23-16(24)11-27-15-10-6-5-9-14(15)19(20,21)22/h2-10,12,17H,11H2,1H3,(H,23,24)(H,25,26). The number of carboxylic acid groups (broad SMARTS) is 1. The maximum Gasteiger partial charge on any atom is 0.419 e. The fourth-order valence-electron chi connectivity index (χ4n) is 2.49. The molecule has 0 bridgehead atoms. The van der Waals surface area contributed by atoms with Crippen LogP contribution in [-0.4, -0.2) is 23.6 Å². The fraction of sp³-hybridized carbons (Fsp3) is 0.263. The summed E-state index contributed by atoms with van der Waals surface area (Å²) in [4.78, 5) is 23.5. The minimum Gasteiger partial charge on any atom is -0.483 e. The number of carbonyl (C=O) groups is 2. The van der Waals surface area contributed by atoms with Crippen LogP contribution < -0.4 is 10.1 Å². The second kappa shape index (κ2) is 8.57. The monoisotopic (exact) mass is 381 g/mol. The lowest BCUT2D eigenvalue weighted by Crippen LogP contribution is -2.38. The highest BCUT2D eigenvalue weighted by Crippen LogP contribution is 2.35. The van der Waals surface area contributed by atoms with Crippen LogP contribution in [0.4, 0.5) is 13.2 Å². The van der Waals surface area contributed by atoms with Gasteiger partial charge in [0.15, 0.2) is 6.61 Å². The zero-order valence-corrected chi connectivity index (χ0v) is 14.4. The van der Waals surface area contributed by atoms with Gasteiger partial charge in [-0.1, -0.05) is 42.5 Å². The van der Waals surface area contributed by atoms with E-state index in [0.717, 1.165) is 12.1 Å². The maximum absolute atomic E-state index is 13.0. The first-order valence-electron chi connectivity index (χ1n) is 8.06. The van der Waals surface area contributed by atoms with Crippen LogP contribution in [0, 0.1) is 5.92 Å². The predicted molar refractivity (Wildman–Crippen MR) is 91.1 cm³/mol. The summed E-state index contributed by atoms with van der Waals surface area (Å²) >= 11 is 0. The Morgan fingerprint density at radius 2 is 1.67 bits per heavy atom. The van der Waals surface area contributed by atoms with Gasteiger partial charge in [0, 0.05) is 0 Å². The molecule has 2 N–H and O–H groups in total. The molecular formula is C19H18F3NO4. The molecule has 0 aliphatic rings. The number of alkyl halides is 3. The lowest BCUT2D eigenvalue weighted by atomic mass is 9.94. The number of hydrogen-bond donors (Lipinski definition) is 2. The number of rotatable bonds is 7. The number of carboxylic acids is 1. The lowest BCUT2D eigenvalue weighted by Gasteiger charge is -2.23. The normalized spacial score (nSPS) is 13.5. The third-order valence-corrected chi connectivity index (χ3v) is 3.92. The number of halogens is 3. The molecule has 2 rings (SSSR count). The molecule has 8 heteroatoms. The topological polar surface area (TPSA) is 75.6 Å². The van der Waals surface area contributed by atoms with Crippen LogP contribution in [0.5, 0.6) is 5.75 Å². The third kappa shape index (κ3) is 5.47. The molecule has 27 heavy (non-hydrogen) atoms. The van der Waals surface area contributed by atoms with E-state index in [9.17, 15) is 27.9 Å². The van der Waals surface area contributed by atoms with Crippen molar-refractivity contribution >= 4 is 11.9 Å². The van der Waals surface area contributed by atoms with Crippen molar-refractivity contribution in [2.45, 2.75) is 19.1 Å². The highest BCUT2D eigenvalue weighted by molar-refractivity contribution is 5.79. The van der Waals surface area contributed by atoms with Gasteiger partial charge in [-0.15, -0.1) is 0 Å². The second-order valence-electron chi connectivity index (χ2n) is 5.87. The van der Waals surface area contributed by atoms with Crippen molar-refractivity contribution in [1.29, 1.82) is 0 Å². The van der Waals surface area contributed by atoms with E-state index >= 15 is 0 Å². The van der Waals surface area contributed by atoms with E-state index in [-0.39, 0.29) is 0 Å². The Morgan fingerprint density at radius 1 is 1.07 bits per heavy atom. The van der Waals surface area contributed by atoms with E-state index in [1.807, 2.05) is 0 Å². The molecule has 5 nitrogen and oxygen atoms in total. The summed E-state index contributed by atoms with van der Waals surface area (Å²) in [5, 5.41) is 11.8. The van der Waals surface area contributed by atoms with Gasteiger partial charge in [-0.2, -0.15) is 13.2 Å². The van der Waals surface area contributed by atoms with Crippen molar-refractivity contribution in [3.63, 3.8) is 0 Å². The van der Waals surface area contributed by atoms with Crippen LogP contribution in [0.2, 0.25) is 0 Å². The van der Waals surface area contributed by atoms with Crippen molar-refractivity contribution < 1.29 is 32.6 Å². The highest BCUT2D eigenvalue weighted by atomic mass is 19.4. The van der Waals surface area contributed by atoms with E-state index in [1.165, 1.54) is 19.1 Å². The van der Waals surface area contributed by atoms with Gasteiger partial charge in [-0.05, 0) is 24.6 Å². The Kier molecular flexibility index (Phi) is 6.44. The van der Waals surface area contributed by atoms with Crippen molar-refractivity contribution in [1.82, 2.24) is 5.32 Å². The van der Waals surface area contributed by atoms with Crippen LogP contribution in [0.3, 0.4) is 0 Å². The van der Waals surface area contributed by atoms with E-state index in [4.69, 9.17) is 4.74 Å². The van der Waals surface area contributed by atoms with Gasteiger partial charge in [-0.25, -0.2) is 0 Å². The average Bonchev–Trinajstić information content (AvgIpc) is 2.64. The average molecular weight is 381 g/mol. The van der Waals surface area contributed by atoms with Crippen molar-refractivity contribution in [2.75, 3.05) is 6.61 Å². The molecule has 1 amide bonds. The molecular weight excluding hydrogens is 363 g/mol. The van der Waals surface area contributed by atoms with E-state index in [1.54, 1.807) is 30.3 Å². The van der Waals surface area contributed by atoms with Crippen LogP contribution >= 0.6 is 0 Å². The molecule has 2 aromatic carbocycles. The van der Waals surface area contributed by atoms with Crippen molar-refractivity contribution in [3.8, 4) is 5.75 Å². The number of ether oxygens (including phenoxy) is 1. The van der Waals surface area contributed by atoms with Gasteiger partial charge in [0.25, 0.3) is 5.91 Å². The van der Waals surface area contributed by atoms with Crippen molar-refractivity contribution in [3.05, 3.63) is 65.7 Å². The first kappa shape index (κ1) is 20.3. The van der Waals surface area contributed by atoms with Gasteiger partial charge in [-0.3, -0.25) is 9.59 Å². The molecule has 0 saturated heterocycles. The Hall–Kier alpha value is -3.03. The minimum absolute atomic E-state index is 0.470. The number of nitrogens with one attached hydrogen (secondary N) is 1. The minimum atomic E-state index is -4.61. The van der Waals surface area contributed by atoms with Gasteiger partial charge in [0.2, 0.25) is 0 Å². The molecule has 2 unspecified atom stereocenters. The van der Waals surface area contributed by atoms with E-state index in [2.05, 4.69) is 5.32 Å². The van der Waals surface area contributed by atoms with E-state index in [0.29, 0.717) is 5.56 Å². The predicted octanol–water partition coefficient (Wildman–Crippen LogP) is 3.66. The molecule has 144 valence electrons. The molecule has 0 spiro atoms. The number of hydrogen-bond acceptors (Lipinski definition) is 3. The van der Waals surface area contributed by atoms with E-state index < -0.39 is 47.9 Å². The molecule has 0 heterocycles. The summed E-state index contributed by atoms with van der Waals surface area (Å²) in [5.41, 5.74) is -0.423. The SMILES string of the molecule is CC(C(=O)O)C(NC(=O)COc1ccccc1C(F)(F)F)c1ccccc1. The number of para-hydroxylation sites is 1. The molecule has 0 radical (unpaired) electrons. The van der Waals surface area contributed by atoms with Gasteiger partial charge in [0.05, 0.1) is 17.5 Å². The summed E-state index contributed by atoms with van der Waals surface area (Å²) in [6, 6.07) is 12.1. The Bertz CT molecular complexity index is 793. The first-order chi connectivity index (χ1) is 12.7. The molecule has 2 aromatic rings. The molecule has 0 saturated carbocycles. The van der Waals surface area contributed by atoms with Crippen LogP contribution in [-0.2, 0) is 15.8 Å². The third-order valence-electron chi connectivity index (χ3n) is 3.92. The fourth-order valence-corrected chi connectivity index (χ4v) is 2.49. The van der Waals surface area contributed by atoms with Crippen molar-refractivity contribution in [2.24, 2.45) is 5.92 Å². The van der Waals surface area contributed by atoms with Gasteiger partial charge < -0.3 is 15.2 Å². The number of amides is 1. The molecule has 2 atom stereocenters. The number of benzene rings is 2. The number of aliphatic carboxylic acids is 1. The van der Waals surface area contributed by atoms with Crippen LogP contribution in [0.1, 0.15) is 24.1 Å². The van der Waals surface area contributed by atoms with Gasteiger partial charge in [0.1, 0.15) is 5.75 Å². The zero-order chi connectivity index (χ0) is 20.0. The number of carbonyl (C=O) groups excluding carboxylic acids is 1. The molecule has 0 fully saturated rings. The quantitative estimate of drug-likeness (QED) is 0.768. The Balaban J connectivity index is 2.10. The molecule has 0 aromatic heterocycles. The summed E-state index contributed by atoms with van der Waals surface area (Å²) in [7, 11) is 0. The largest absolute Gasteiger partial charge is 0.483 e. The summed E-state index contributed by atoms with van der Waals surface area (Å²) < 4.78 is 43.9. The lowest BCUT2D eigenvalue weighted by molar-refractivity contribution is -0.143. The summed E-state index contributed by atoms with van der Waals surface area (Å²) in [6.45, 7) is 0.753. The second-order valence-corrected chi connectivity index (χ2v) is 5.87. The van der Waals surface area contributed by atoms with Crippen LogP contribution in [0.25, 0.3) is 0 Å². The zero-order valence-electron chi connectivity index (χ0n) is 14.4. The first-order valence-corrected chi connectivity index (χ1v) is 8.06. The highest BCUT2D eigenvalue weighted by Gasteiger charge is 2.34. The van der Waals surface area contributed by atoms with Crippen LogP contribution in [0.15, 0.2) is 54.6 Å². The summed E-state index contributed by atoms with van der Waals surface area (Å²) in [5.74, 6) is -3.26. The Morgan fingerprint density at radius 3 is 2.26 bits per heavy atom. The molecule has 0 aliphatic heterocycles. The smallest absolute Gasteiger partial charge is 0.419 e. The summed E-state index contributed by atoms with van der Waals surface area (Å²) in [6.07, 6.45) is -4.61.